The van der Waals surface area contributed by atoms with Crippen molar-refractivity contribution in [2.45, 2.75) is 18.8 Å². The van der Waals surface area contributed by atoms with Crippen molar-refractivity contribution in [3.63, 3.8) is 0 Å². The van der Waals surface area contributed by atoms with Crippen molar-refractivity contribution in [3.8, 4) is 0 Å². The molecule has 86 valence electrons. The van der Waals surface area contributed by atoms with Crippen molar-refractivity contribution in [2.75, 3.05) is 18.5 Å². The number of amides is 1. The fourth-order valence-corrected chi connectivity index (χ4v) is 1.97. The molecule has 1 aliphatic heterocycles. The standard InChI is InChI=1S/C12H16N2O2/c13-6-10(7-15)8-1-3-11-9(5-8)2-4-12(16)14-11/h1,3,5,10,15H,2,4,6-7,13H2,(H,14,16). The smallest absolute Gasteiger partial charge is 0.224 e. The number of nitrogens with one attached hydrogen (secondary N) is 1. The first-order chi connectivity index (χ1) is 7.74. The highest BCUT2D eigenvalue weighted by molar-refractivity contribution is 5.93. The molecule has 0 aromatic heterocycles. The lowest BCUT2D eigenvalue weighted by molar-refractivity contribution is -0.116. The zero-order valence-corrected chi connectivity index (χ0v) is 9.07. The minimum atomic E-state index is -0.0112. The van der Waals surface area contributed by atoms with Crippen LogP contribution in [0.4, 0.5) is 5.69 Å². The van der Waals surface area contributed by atoms with Gasteiger partial charge in [-0.15, -0.1) is 0 Å². The summed E-state index contributed by atoms with van der Waals surface area (Å²) >= 11 is 0. The van der Waals surface area contributed by atoms with E-state index in [2.05, 4.69) is 5.32 Å². The lowest BCUT2D eigenvalue weighted by Gasteiger charge is -2.19. The molecule has 0 radical (unpaired) electrons. The average Bonchev–Trinajstić information content (AvgIpc) is 2.31. The van der Waals surface area contributed by atoms with Gasteiger partial charge in [-0.3, -0.25) is 4.79 Å². The summed E-state index contributed by atoms with van der Waals surface area (Å²) in [5.74, 6) is 0.0562. The highest BCUT2D eigenvalue weighted by Gasteiger charge is 2.16. The van der Waals surface area contributed by atoms with Gasteiger partial charge in [0.05, 0.1) is 6.61 Å². The maximum Gasteiger partial charge on any atom is 0.224 e. The summed E-state index contributed by atoms with van der Waals surface area (Å²) in [4.78, 5) is 11.2. The fraction of sp³-hybridized carbons (Fsp3) is 0.417. The Bertz CT molecular complexity index is 400. The third-order valence-corrected chi connectivity index (χ3v) is 3.00. The lowest BCUT2D eigenvalue weighted by atomic mass is 9.94. The zero-order valence-electron chi connectivity index (χ0n) is 9.07. The Hall–Kier alpha value is -1.39. The molecule has 16 heavy (non-hydrogen) atoms. The number of carbonyl (C=O) groups is 1. The van der Waals surface area contributed by atoms with Crippen LogP contribution in [0.25, 0.3) is 0 Å². The molecule has 4 nitrogen and oxygen atoms in total. The topological polar surface area (TPSA) is 75.3 Å². The van der Waals surface area contributed by atoms with E-state index >= 15 is 0 Å². The summed E-state index contributed by atoms with van der Waals surface area (Å²) in [5.41, 5.74) is 8.64. The minimum absolute atomic E-state index is 0.0112. The van der Waals surface area contributed by atoms with E-state index in [1.165, 1.54) is 0 Å². The van der Waals surface area contributed by atoms with Gasteiger partial charge in [0.25, 0.3) is 0 Å². The lowest BCUT2D eigenvalue weighted by Crippen LogP contribution is -2.20. The van der Waals surface area contributed by atoms with Crippen LogP contribution in [0.2, 0.25) is 0 Å². The predicted molar refractivity (Wildman–Crippen MR) is 62.3 cm³/mol. The third-order valence-electron chi connectivity index (χ3n) is 3.00. The van der Waals surface area contributed by atoms with Crippen molar-refractivity contribution >= 4 is 11.6 Å². The number of rotatable bonds is 3. The first kappa shape index (κ1) is 11.1. The molecular weight excluding hydrogens is 204 g/mol. The van der Waals surface area contributed by atoms with Crippen LogP contribution < -0.4 is 11.1 Å². The summed E-state index contributed by atoms with van der Waals surface area (Å²) in [6.45, 7) is 0.489. The van der Waals surface area contributed by atoms with E-state index < -0.39 is 0 Å². The van der Waals surface area contributed by atoms with E-state index in [1.807, 2.05) is 18.2 Å². The van der Waals surface area contributed by atoms with Gasteiger partial charge in [0.2, 0.25) is 5.91 Å². The first-order valence-corrected chi connectivity index (χ1v) is 5.48. The van der Waals surface area contributed by atoms with Crippen molar-refractivity contribution in [1.29, 1.82) is 0 Å². The Labute approximate surface area is 94.5 Å². The van der Waals surface area contributed by atoms with Crippen molar-refractivity contribution in [2.24, 2.45) is 5.73 Å². The molecular formula is C12H16N2O2. The molecule has 0 fully saturated rings. The van der Waals surface area contributed by atoms with Gasteiger partial charge < -0.3 is 16.2 Å². The molecule has 2 rings (SSSR count). The molecule has 1 heterocycles. The van der Waals surface area contributed by atoms with Crippen LogP contribution in [0.1, 0.15) is 23.5 Å². The molecule has 0 bridgehead atoms. The molecule has 1 unspecified atom stereocenters. The number of aliphatic hydroxyl groups excluding tert-OH is 1. The van der Waals surface area contributed by atoms with Crippen LogP contribution in [0.5, 0.6) is 0 Å². The number of fused-ring (bicyclic) bond motifs is 1. The number of aliphatic hydroxyl groups is 1. The molecule has 0 saturated carbocycles. The molecule has 0 aliphatic carbocycles. The number of hydrogen-bond acceptors (Lipinski definition) is 3. The van der Waals surface area contributed by atoms with Crippen LogP contribution in [0, 0.1) is 0 Å². The number of carbonyl (C=O) groups excluding carboxylic acids is 1. The summed E-state index contributed by atoms with van der Waals surface area (Å²) in [6, 6.07) is 5.83. The zero-order chi connectivity index (χ0) is 11.5. The van der Waals surface area contributed by atoms with E-state index in [4.69, 9.17) is 5.73 Å². The van der Waals surface area contributed by atoms with Gasteiger partial charge in [0, 0.05) is 24.6 Å². The minimum Gasteiger partial charge on any atom is -0.396 e. The average molecular weight is 220 g/mol. The third kappa shape index (κ3) is 2.08. The van der Waals surface area contributed by atoms with Crippen LogP contribution >= 0.6 is 0 Å². The van der Waals surface area contributed by atoms with Crippen molar-refractivity contribution < 1.29 is 9.90 Å². The second-order valence-corrected chi connectivity index (χ2v) is 4.08. The van der Waals surface area contributed by atoms with Gasteiger partial charge in [-0.1, -0.05) is 12.1 Å². The normalized spacial score (nSPS) is 16.5. The number of nitrogens with two attached hydrogens (primary N) is 1. The molecule has 0 saturated heterocycles. The van der Waals surface area contributed by atoms with Gasteiger partial charge in [-0.25, -0.2) is 0 Å². The molecule has 1 aromatic carbocycles. The molecule has 4 heteroatoms. The van der Waals surface area contributed by atoms with Gasteiger partial charge in [0.15, 0.2) is 0 Å². The van der Waals surface area contributed by atoms with Crippen molar-refractivity contribution in [3.05, 3.63) is 29.3 Å². The quantitative estimate of drug-likeness (QED) is 0.698. The number of aryl methyl sites for hydroxylation is 1. The van der Waals surface area contributed by atoms with Gasteiger partial charge in [-0.05, 0) is 23.6 Å². The highest BCUT2D eigenvalue weighted by Crippen LogP contribution is 2.26. The molecule has 1 amide bonds. The second kappa shape index (κ2) is 4.63. The number of anilines is 1. The van der Waals surface area contributed by atoms with Gasteiger partial charge in [0.1, 0.15) is 0 Å². The Morgan fingerprint density at radius 2 is 2.25 bits per heavy atom. The van der Waals surface area contributed by atoms with Crippen LogP contribution in [-0.2, 0) is 11.2 Å². The second-order valence-electron chi connectivity index (χ2n) is 4.08. The highest BCUT2D eigenvalue weighted by atomic mass is 16.3. The van der Waals surface area contributed by atoms with Crippen molar-refractivity contribution in [1.82, 2.24) is 0 Å². The van der Waals surface area contributed by atoms with Gasteiger partial charge >= 0.3 is 0 Å². The number of benzene rings is 1. The van der Waals surface area contributed by atoms with E-state index in [0.717, 1.165) is 23.2 Å². The summed E-state index contributed by atoms with van der Waals surface area (Å²) in [7, 11) is 0. The maximum atomic E-state index is 11.2. The van der Waals surface area contributed by atoms with E-state index in [-0.39, 0.29) is 18.4 Å². The molecule has 1 atom stereocenters. The van der Waals surface area contributed by atoms with Gasteiger partial charge in [-0.2, -0.15) is 0 Å². The maximum absolute atomic E-state index is 11.2. The van der Waals surface area contributed by atoms with Crippen LogP contribution in [0.15, 0.2) is 18.2 Å². The van der Waals surface area contributed by atoms with Crippen LogP contribution in [-0.4, -0.2) is 24.2 Å². The molecule has 1 aliphatic rings. The Morgan fingerprint density at radius 3 is 2.94 bits per heavy atom. The SMILES string of the molecule is NCC(CO)c1ccc2c(c1)CCC(=O)N2. The van der Waals surface area contributed by atoms with E-state index in [1.54, 1.807) is 0 Å². The first-order valence-electron chi connectivity index (χ1n) is 5.48. The number of hydrogen-bond donors (Lipinski definition) is 3. The molecule has 4 N–H and O–H groups in total. The Balaban J connectivity index is 2.28. The Kier molecular flexibility index (Phi) is 3.22. The monoisotopic (exact) mass is 220 g/mol. The van der Waals surface area contributed by atoms with E-state index in [9.17, 15) is 9.90 Å². The largest absolute Gasteiger partial charge is 0.396 e. The summed E-state index contributed by atoms with van der Waals surface area (Å²) in [5, 5.41) is 12.0. The molecule has 0 spiro atoms. The summed E-state index contributed by atoms with van der Waals surface area (Å²) < 4.78 is 0. The van der Waals surface area contributed by atoms with E-state index in [0.29, 0.717) is 13.0 Å². The fourth-order valence-electron chi connectivity index (χ4n) is 1.97. The van der Waals surface area contributed by atoms with Crippen LogP contribution in [0.3, 0.4) is 0 Å². The predicted octanol–water partition coefficient (Wildman–Crippen LogP) is 0.606. The molecule has 1 aromatic rings. The Morgan fingerprint density at radius 1 is 1.44 bits per heavy atom. The summed E-state index contributed by atoms with van der Waals surface area (Å²) in [6.07, 6.45) is 1.29.